The van der Waals surface area contributed by atoms with Gasteiger partial charge in [-0.15, -0.1) is 6.58 Å². The molecule has 1 aromatic heterocycles. The van der Waals surface area contributed by atoms with Gasteiger partial charge < -0.3 is 4.57 Å². The first kappa shape index (κ1) is 20.8. The minimum Gasteiger partial charge on any atom is -0.336 e. The Balaban J connectivity index is 1.90. The average Bonchev–Trinajstić information content (AvgIpc) is 2.93. The Morgan fingerprint density at radius 2 is 1.68 bits per heavy atom. The fraction of sp³-hybridized carbons (Fsp3) is 0.333. The maximum absolute atomic E-state index is 13.4. The second kappa shape index (κ2) is 8.62. The van der Waals surface area contributed by atoms with Gasteiger partial charge in [0.25, 0.3) is 0 Å². The van der Waals surface area contributed by atoms with Crippen molar-refractivity contribution in [2.24, 2.45) is 7.05 Å². The van der Waals surface area contributed by atoms with Crippen LogP contribution in [0, 0.1) is 0 Å². The molecular formula is C24H31NOSSi. The van der Waals surface area contributed by atoms with E-state index in [0.29, 0.717) is 0 Å². The number of allylic oxidation sites excluding steroid dienone is 1. The Morgan fingerprint density at radius 3 is 2.36 bits per heavy atom. The summed E-state index contributed by atoms with van der Waals surface area (Å²) in [4.78, 5) is 0.859. The summed E-state index contributed by atoms with van der Waals surface area (Å²) < 4.78 is 15.5. The topological polar surface area (TPSA) is 22.0 Å². The van der Waals surface area contributed by atoms with Gasteiger partial charge in [-0.3, -0.25) is 0 Å². The van der Waals surface area contributed by atoms with Crippen molar-refractivity contribution in [3.8, 4) is 0 Å². The number of aryl methyl sites for hydroxylation is 2. The van der Waals surface area contributed by atoms with Crippen LogP contribution in [0.4, 0.5) is 0 Å². The maximum atomic E-state index is 13.4. The third kappa shape index (κ3) is 4.73. The van der Waals surface area contributed by atoms with Crippen molar-refractivity contribution < 1.29 is 4.21 Å². The summed E-state index contributed by atoms with van der Waals surface area (Å²) in [5.41, 5.74) is 3.74. The van der Waals surface area contributed by atoms with Crippen molar-refractivity contribution in [2.45, 2.75) is 54.9 Å². The summed E-state index contributed by atoms with van der Waals surface area (Å²) in [5.74, 6) is 0. The zero-order chi connectivity index (χ0) is 20.3. The van der Waals surface area contributed by atoms with Gasteiger partial charge in [0.2, 0.25) is 0 Å². The second-order valence-corrected chi connectivity index (χ2v) is 15.7. The number of aromatic nitrogens is 1. The summed E-state index contributed by atoms with van der Waals surface area (Å²) >= 11 is 0. The zero-order valence-corrected chi connectivity index (χ0v) is 19.3. The van der Waals surface area contributed by atoms with E-state index in [1.807, 2.05) is 37.4 Å². The molecule has 0 spiro atoms. The largest absolute Gasteiger partial charge is 0.336 e. The Morgan fingerprint density at radius 1 is 1.04 bits per heavy atom. The van der Waals surface area contributed by atoms with Gasteiger partial charge in [0.15, 0.2) is 0 Å². The van der Waals surface area contributed by atoms with Crippen LogP contribution in [0.5, 0.6) is 0 Å². The summed E-state index contributed by atoms with van der Waals surface area (Å²) in [6, 6.07) is 19.4. The molecule has 4 heteroatoms. The SMILES string of the molecule is C=C(CCCc1c(S(=O)c2ccccc2)n(C)c2ccccc12)C[Si](C)(C)C. The molecule has 0 fully saturated rings. The fourth-order valence-electron chi connectivity index (χ4n) is 3.94. The summed E-state index contributed by atoms with van der Waals surface area (Å²) in [7, 11) is -0.266. The molecule has 0 saturated heterocycles. The van der Waals surface area contributed by atoms with E-state index in [9.17, 15) is 4.21 Å². The van der Waals surface area contributed by atoms with Crippen LogP contribution in [0.25, 0.3) is 10.9 Å². The van der Waals surface area contributed by atoms with Crippen LogP contribution in [-0.4, -0.2) is 16.8 Å². The lowest BCUT2D eigenvalue weighted by atomic mass is 10.0. The Kier molecular flexibility index (Phi) is 6.41. The van der Waals surface area contributed by atoms with Gasteiger partial charge in [0.1, 0.15) is 15.8 Å². The predicted octanol–water partition coefficient (Wildman–Crippen LogP) is 6.56. The Hall–Kier alpha value is -1.91. The molecule has 1 unspecified atom stereocenters. The van der Waals surface area contributed by atoms with E-state index in [1.54, 1.807) is 0 Å². The molecule has 148 valence electrons. The van der Waals surface area contributed by atoms with Crippen LogP contribution in [0.15, 0.2) is 76.7 Å². The van der Waals surface area contributed by atoms with Crippen molar-refractivity contribution in [1.82, 2.24) is 4.57 Å². The average molecular weight is 410 g/mol. The van der Waals surface area contributed by atoms with E-state index in [1.165, 1.54) is 22.6 Å². The van der Waals surface area contributed by atoms with Gasteiger partial charge in [-0.25, -0.2) is 4.21 Å². The highest BCUT2D eigenvalue weighted by Crippen LogP contribution is 2.32. The minimum absolute atomic E-state index is 0.859. The lowest BCUT2D eigenvalue weighted by Crippen LogP contribution is -2.19. The molecule has 0 aliphatic heterocycles. The highest BCUT2D eigenvalue weighted by molar-refractivity contribution is 7.85. The predicted molar refractivity (Wildman–Crippen MR) is 124 cm³/mol. The molecule has 0 N–H and O–H groups in total. The third-order valence-electron chi connectivity index (χ3n) is 5.02. The lowest BCUT2D eigenvalue weighted by molar-refractivity contribution is 0.670. The first-order chi connectivity index (χ1) is 13.3. The molecule has 0 aliphatic carbocycles. The number of fused-ring (bicyclic) bond motifs is 1. The molecular weight excluding hydrogens is 378 g/mol. The fourth-order valence-corrected chi connectivity index (χ4v) is 7.02. The molecule has 1 heterocycles. The molecule has 0 bridgehead atoms. The van der Waals surface area contributed by atoms with Crippen LogP contribution in [0.2, 0.25) is 25.7 Å². The number of nitrogens with zero attached hydrogens (tertiary/aromatic N) is 1. The maximum Gasteiger partial charge on any atom is 0.115 e. The van der Waals surface area contributed by atoms with E-state index < -0.39 is 18.9 Å². The molecule has 2 nitrogen and oxygen atoms in total. The van der Waals surface area contributed by atoms with Gasteiger partial charge >= 0.3 is 0 Å². The molecule has 0 amide bonds. The van der Waals surface area contributed by atoms with Crippen LogP contribution in [0.1, 0.15) is 18.4 Å². The van der Waals surface area contributed by atoms with Crippen molar-refractivity contribution in [3.63, 3.8) is 0 Å². The molecule has 2 aromatic carbocycles. The molecule has 28 heavy (non-hydrogen) atoms. The summed E-state index contributed by atoms with van der Waals surface area (Å²) in [6.45, 7) is 11.5. The van der Waals surface area contributed by atoms with Gasteiger partial charge in [-0.2, -0.15) is 0 Å². The highest BCUT2D eigenvalue weighted by atomic mass is 32.2. The van der Waals surface area contributed by atoms with Crippen LogP contribution in [-0.2, 0) is 24.3 Å². The van der Waals surface area contributed by atoms with E-state index in [0.717, 1.165) is 34.7 Å². The van der Waals surface area contributed by atoms with E-state index >= 15 is 0 Å². The zero-order valence-electron chi connectivity index (χ0n) is 17.5. The first-order valence-corrected chi connectivity index (χ1v) is 14.8. The van der Waals surface area contributed by atoms with Crippen LogP contribution in [0.3, 0.4) is 0 Å². The molecule has 0 aliphatic rings. The first-order valence-electron chi connectivity index (χ1n) is 9.98. The van der Waals surface area contributed by atoms with E-state index in [4.69, 9.17) is 0 Å². The van der Waals surface area contributed by atoms with Crippen LogP contribution < -0.4 is 0 Å². The van der Waals surface area contributed by atoms with Crippen molar-refractivity contribution in [3.05, 3.63) is 72.3 Å². The summed E-state index contributed by atoms with van der Waals surface area (Å²) in [6.07, 6.45) is 3.03. The third-order valence-corrected chi connectivity index (χ3v) is 8.16. The van der Waals surface area contributed by atoms with Crippen molar-refractivity contribution in [2.75, 3.05) is 0 Å². The van der Waals surface area contributed by atoms with Crippen molar-refractivity contribution in [1.29, 1.82) is 0 Å². The number of benzene rings is 2. The second-order valence-electron chi connectivity index (χ2n) is 8.78. The molecule has 0 saturated carbocycles. The Labute approximate surface area is 172 Å². The lowest BCUT2D eigenvalue weighted by Gasteiger charge is -2.17. The number of rotatable bonds is 8. The smallest absolute Gasteiger partial charge is 0.115 e. The van der Waals surface area contributed by atoms with E-state index in [-0.39, 0.29) is 0 Å². The van der Waals surface area contributed by atoms with Gasteiger partial charge in [-0.05, 0) is 49.1 Å². The number of para-hydroxylation sites is 1. The molecule has 3 aromatic rings. The Bertz CT molecular complexity index is 999. The van der Waals surface area contributed by atoms with E-state index in [2.05, 4.69) is 55.1 Å². The van der Waals surface area contributed by atoms with Gasteiger partial charge in [-0.1, -0.05) is 61.6 Å². The van der Waals surface area contributed by atoms with Gasteiger partial charge in [0, 0.05) is 30.9 Å². The quantitative estimate of drug-likeness (QED) is 0.305. The van der Waals surface area contributed by atoms with Crippen LogP contribution >= 0.6 is 0 Å². The highest BCUT2D eigenvalue weighted by Gasteiger charge is 2.21. The normalized spacial score (nSPS) is 13.0. The minimum atomic E-state index is -1.19. The summed E-state index contributed by atoms with van der Waals surface area (Å²) in [5, 5.41) is 2.16. The molecule has 0 radical (unpaired) electrons. The molecule has 3 rings (SSSR count). The standard InChI is InChI=1S/C24H31NOSSi/c1-19(18-28(3,4)5)12-11-16-22-21-15-9-10-17-23(21)25(2)24(22)27(26)20-13-7-6-8-14-20/h6-10,13-15,17H,1,11-12,16,18H2,2-5H3. The monoisotopic (exact) mass is 409 g/mol. The molecule has 1 atom stereocenters. The number of hydrogen-bond acceptors (Lipinski definition) is 1. The number of hydrogen-bond donors (Lipinski definition) is 0. The van der Waals surface area contributed by atoms with Gasteiger partial charge in [0.05, 0.1) is 0 Å². The van der Waals surface area contributed by atoms with Crippen molar-refractivity contribution >= 4 is 29.8 Å².